The number of nitrogens with one attached hydrogen (secondary N) is 1. The van der Waals surface area contributed by atoms with Gasteiger partial charge in [-0.05, 0) is 36.6 Å². The van der Waals surface area contributed by atoms with Crippen molar-refractivity contribution in [3.63, 3.8) is 0 Å². The summed E-state index contributed by atoms with van der Waals surface area (Å²) in [6.07, 6.45) is 3.47. The lowest BCUT2D eigenvalue weighted by molar-refractivity contribution is -0.117. The molecule has 12 heteroatoms. The molecule has 2 aromatic heterocycles. The van der Waals surface area contributed by atoms with Crippen LogP contribution in [0.2, 0.25) is 0 Å². The maximum absolute atomic E-state index is 13.7. The third-order valence-electron chi connectivity index (χ3n) is 5.93. The molecular weight excluding hydrogens is 520 g/mol. The number of rotatable bonds is 11. The summed E-state index contributed by atoms with van der Waals surface area (Å²) in [7, 11) is 4.48. The van der Waals surface area contributed by atoms with Crippen LogP contribution in [-0.2, 0) is 4.79 Å². The molecule has 11 nitrogen and oxygen atoms in total. The van der Waals surface area contributed by atoms with Crippen molar-refractivity contribution in [2.45, 2.75) is 26.3 Å². The Kier molecular flexibility index (Phi) is 8.57. The van der Waals surface area contributed by atoms with Crippen molar-refractivity contribution in [3.05, 3.63) is 59.5 Å². The van der Waals surface area contributed by atoms with Crippen LogP contribution in [0.25, 0.3) is 16.9 Å². The molecule has 204 valence electrons. The van der Waals surface area contributed by atoms with Crippen molar-refractivity contribution in [1.82, 2.24) is 19.7 Å². The Bertz CT molecular complexity index is 1440. The lowest BCUT2D eigenvalue weighted by Crippen LogP contribution is -2.36. The summed E-state index contributed by atoms with van der Waals surface area (Å²) in [6, 6.07) is 7.87. The van der Waals surface area contributed by atoms with E-state index in [1.54, 1.807) is 30.3 Å². The molecule has 1 atom stereocenters. The van der Waals surface area contributed by atoms with Gasteiger partial charge in [-0.15, -0.1) is 11.3 Å². The standard InChI is InChI=1S/C27H30N6O5S/c1-15(2)8-19(28)26(35)32-27-31-20(12-39-27)16-6-7-18(21(9-16)33-14-29-13-30-33)24(34)17-10-22(36-3)25(38-5)23(11-17)37-4/h6-7,9-15,19H,8,28H2,1-5H3,(H,31,32,35). The number of aromatic nitrogens is 4. The largest absolute Gasteiger partial charge is 0.493 e. The third kappa shape index (κ3) is 6.07. The lowest BCUT2D eigenvalue weighted by Gasteiger charge is -2.15. The fourth-order valence-corrected chi connectivity index (χ4v) is 4.77. The monoisotopic (exact) mass is 550 g/mol. The zero-order chi connectivity index (χ0) is 28.1. The van der Waals surface area contributed by atoms with Gasteiger partial charge in [-0.2, -0.15) is 5.10 Å². The average molecular weight is 551 g/mol. The number of amides is 1. The topological polar surface area (TPSA) is 143 Å². The summed E-state index contributed by atoms with van der Waals surface area (Å²) >= 11 is 1.29. The fraction of sp³-hybridized carbons (Fsp3) is 0.296. The van der Waals surface area contributed by atoms with E-state index in [2.05, 4.69) is 20.4 Å². The number of thiazole rings is 1. The molecule has 0 aliphatic rings. The Morgan fingerprint density at radius 1 is 1.08 bits per heavy atom. The van der Waals surface area contributed by atoms with E-state index in [4.69, 9.17) is 19.9 Å². The number of benzene rings is 2. The number of anilines is 1. The zero-order valence-corrected chi connectivity index (χ0v) is 23.1. The summed E-state index contributed by atoms with van der Waals surface area (Å²) in [4.78, 5) is 34.8. The van der Waals surface area contributed by atoms with Crippen molar-refractivity contribution in [1.29, 1.82) is 0 Å². The van der Waals surface area contributed by atoms with Crippen molar-refractivity contribution in [2.75, 3.05) is 26.6 Å². The molecule has 0 radical (unpaired) electrons. The zero-order valence-electron chi connectivity index (χ0n) is 22.3. The lowest BCUT2D eigenvalue weighted by atomic mass is 9.98. The predicted octanol–water partition coefficient (Wildman–Crippen LogP) is 3.96. The smallest absolute Gasteiger partial charge is 0.243 e. The van der Waals surface area contributed by atoms with Gasteiger partial charge in [-0.3, -0.25) is 9.59 Å². The molecule has 1 unspecified atom stereocenters. The van der Waals surface area contributed by atoms with Gasteiger partial charge in [0, 0.05) is 22.1 Å². The minimum Gasteiger partial charge on any atom is -0.493 e. The first kappa shape index (κ1) is 27.7. The molecule has 0 bridgehead atoms. The number of nitrogens with zero attached hydrogens (tertiary/aromatic N) is 4. The van der Waals surface area contributed by atoms with Crippen LogP contribution in [0.3, 0.4) is 0 Å². The van der Waals surface area contributed by atoms with Crippen molar-refractivity contribution >= 4 is 28.2 Å². The number of carbonyl (C=O) groups excluding carboxylic acids is 2. The molecule has 2 aromatic carbocycles. The molecule has 4 rings (SSSR count). The average Bonchev–Trinajstić information content (AvgIpc) is 3.64. The highest BCUT2D eigenvalue weighted by molar-refractivity contribution is 7.14. The maximum atomic E-state index is 13.7. The number of carbonyl (C=O) groups is 2. The molecule has 0 spiro atoms. The molecule has 1 amide bonds. The highest BCUT2D eigenvalue weighted by atomic mass is 32.1. The van der Waals surface area contributed by atoms with E-state index in [-0.39, 0.29) is 11.7 Å². The molecule has 0 fully saturated rings. The molecule has 0 aliphatic carbocycles. The van der Waals surface area contributed by atoms with Crippen LogP contribution < -0.4 is 25.3 Å². The minimum absolute atomic E-state index is 0.279. The normalized spacial score (nSPS) is 11.8. The molecule has 3 N–H and O–H groups in total. The van der Waals surface area contributed by atoms with Gasteiger partial charge in [0.25, 0.3) is 0 Å². The van der Waals surface area contributed by atoms with Crippen LogP contribution in [0.4, 0.5) is 5.13 Å². The molecule has 39 heavy (non-hydrogen) atoms. The molecule has 0 aliphatic heterocycles. The Labute approximate surface area is 229 Å². The van der Waals surface area contributed by atoms with E-state index in [1.807, 2.05) is 19.2 Å². The molecule has 0 saturated carbocycles. The van der Waals surface area contributed by atoms with Gasteiger partial charge in [0.15, 0.2) is 22.4 Å². The van der Waals surface area contributed by atoms with E-state index in [1.165, 1.54) is 50.0 Å². The van der Waals surface area contributed by atoms with Crippen LogP contribution in [-0.4, -0.2) is 58.8 Å². The minimum atomic E-state index is -0.614. The second-order valence-corrected chi connectivity index (χ2v) is 9.94. The Hall–Kier alpha value is -4.29. The van der Waals surface area contributed by atoms with Crippen LogP contribution in [0.1, 0.15) is 36.2 Å². The highest BCUT2D eigenvalue weighted by Crippen LogP contribution is 2.39. The number of nitrogens with two attached hydrogens (primary N) is 1. The van der Waals surface area contributed by atoms with Gasteiger partial charge >= 0.3 is 0 Å². The summed E-state index contributed by atoms with van der Waals surface area (Å²) in [5, 5.41) is 9.29. The van der Waals surface area contributed by atoms with Crippen LogP contribution in [0, 0.1) is 5.92 Å². The summed E-state index contributed by atoms with van der Waals surface area (Å²) in [5.74, 6) is 0.860. The van der Waals surface area contributed by atoms with Crippen molar-refractivity contribution < 1.29 is 23.8 Å². The number of hydrogen-bond donors (Lipinski definition) is 2. The maximum Gasteiger partial charge on any atom is 0.243 e. The fourth-order valence-electron chi connectivity index (χ4n) is 4.05. The van der Waals surface area contributed by atoms with Gasteiger partial charge < -0.3 is 25.3 Å². The SMILES string of the molecule is COc1cc(C(=O)c2ccc(-c3csc(NC(=O)C(N)CC(C)C)n3)cc2-n2cncn2)cc(OC)c1OC. The Morgan fingerprint density at radius 3 is 2.38 bits per heavy atom. The van der Waals surface area contributed by atoms with E-state index in [0.29, 0.717) is 57.2 Å². The van der Waals surface area contributed by atoms with Crippen LogP contribution in [0.5, 0.6) is 17.2 Å². The second-order valence-electron chi connectivity index (χ2n) is 9.08. The van der Waals surface area contributed by atoms with Crippen LogP contribution in [0.15, 0.2) is 48.4 Å². The van der Waals surface area contributed by atoms with Crippen LogP contribution >= 0.6 is 11.3 Å². The number of hydrogen-bond acceptors (Lipinski definition) is 10. The number of methoxy groups -OCH3 is 3. The summed E-state index contributed by atoms with van der Waals surface area (Å²) < 4.78 is 17.7. The Balaban J connectivity index is 1.69. The summed E-state index contributed by atoms with van der Waals surface area (Å²) in [5.41, 5.74) is 8.57. The van der Waals surface area contributed by atoms with E-state index in [0.717, 1.165) is 5.56 Å². The number of ketones is 1. The second kappa shape index (κ2) is 12.0. The van der Waals surface area contributed by atoms with E-state index >= 15 is 0 Å². The molecule has 0 saturated heterocycles. The quantitative estimate of drug-likeness (QED) is 0.265. The van der Waals surface area contributed by atoms with E-state index < -0.39 is 6.04 Å². The first-order chi connectivity index (χ1) is 18.7. The summed E-state index contributed by atoms with van der Waals surface area (Å²) in [6.45, 7) is 4.02. The van der Waals surface area contributed by atoms with Gasteiger partial charge in [0.05, 0.1) is 38.8 Å². The van der Waals surface area contributed by atoms with Crippen molar-refractivity contribution in [3.8, 4) is 34.2 Å². The van der Waals surface area contributed by atoms with Crippen molar-refractivity contribution in [2.24, 2.45) is 11.7 Å². The van der Waals surface area contributed by atoms with Gasteiger partial charge in [0.2, 0.25) is 11.7 Å². The molecule has 4 aromatic rings. The predicted molar refractivity (Wildman–Crippen MR) is 148 cm³/mol. The number of ether oxygens (including phenoxy) is 3. The molecule has 2 heterocycles. The Morgan fingerprint density at radius 2 is 1.79 bits per heavy atom. The highest BCUT2D eigenvalue weighted by Gasteiger charge is 2.22. The third-order valence-corrected chi connectivity index (χ3v) is 6.68. The first-order valence-corrected chi connectivity index (χ1v) is 13.0. The first-order valence-electron chi connectivity index (χ1n) is 12.1. The molecular formula is C27H30N6O5S. The van der Waals surface area contributed by atoms with Gasteiger partial charge in [0.1, 0.15) is 12.7 Å². The van der Waals surface area contributed by atoms with Gasteiger partial charge in [-0.1, -0.05) is 19.9 Å². The van der Waals surface area contributed by atoms with Gasteiger partial charge in [-0.25, -0.2) is 14.6 Å². The van der Waals surface area contributed by atoms with E-state index in [9.17, 15) is 9.59 Å².